The second-order valence-electron chi connectivity index (χ2n) is 6.78. The number of hydrogen-bond donors (Lipinski definition) is 0. The molecule has 90 valence electrons. The number of carbonyl (C=O) groups excluding carboxylic acids is 1. The summed E-state index contributed by atoms with van der Waals surface area (Å²) in [6.07, 6.45) is 0.762. The molecular formula is C11H27NOSi2. The first kappa shape index (κ1) is 14.9. The lowest BCUT2D eigenvalue weighted by molar-refractivity contribution is -0.128. The van der Waals surface area contributed by atoms with Crippen molar-refractivity contribution >= 4 is 22.1 Å². The minimum atomic E-state index is -1.22. The average Bonchev–Trinajstić information content (AvgIpc) is 1.94. The lowest BCUT2D eigenvalue weighted by Gasteiger charge is -2.38. The molecule has 0 aliphatic heterocycles. The van der Waals surface area contributed by atoms with E-state index in [4.69, 9.17) is 0 Å². The van der Waals surface area contributed by atoms with E-state index in [1.54, 1.807) is 4.90 Å². The van der Waals surface area contributed by atoms with Crippen molar-refractivity contribution in [2.45, 2.75) is 50.9 Å². The van der Waals surface area contributed by atoms with Gasteiger partial charge in [-0.3, -0.25) is 4.79 Å². The van der Waals surface area contributed by atoms with Gasteiger partial charge in [0, 0.05) is 36.7 Å². The lowest BCUT2D eigenvalue weighted by atomic mass is 10.4. The highest BCUT2D eigenvalue weighted by atomic mass is 28.4. The Morgan fingerprint density at radius 3 is 1.53 bits per heavy atom. The van der Waals surface area contributed by atoms with E-state index in [1.165, 1.54) is 0 Å². The zero-order valence-corrected chi connectivity index (χ0v) is 13.6. The highest BCUT2D eigenvalue weighted by Gasteiger charge is 2.38. The Labute approximate surface area is 97.1 Å². The van der Waals surface area contributed by atoms with E-state index in [-0.39, 0.29) is 0 Å². The lowest BCUT2D eigenvalue weighted by Crippen LogP contribution is -2.46. The van der Waals surface area contributed by atoms with E-state index in [1.807, 2.05) is 14.1 Å². The SMILES string of the molecule is CN(C)C(=O)CC([Si](C)(C)C)[Si](C)(C)C. The first-order valence-corrected chi connectivity index (χ1v) is 12.8. The van der Waals surface area contributed by atoms with Crippen LogP contribution in [0.4, 0.5) is 0 Å². The summed E-state index contributed by atoms with van der Waals surface area (Å²) in [5, 5.41) is 0.680. The molecule has 1 amide bonds. The summed E-state index contributed by atoms with van der Waals surface area (Å²) >= 11 is 0. The molecule has 0 aromatic carbocycles. The van der Waals surface area contributed by atoms with Crippen molar-refractivity contribution < 1.29 is 4.79 Å². The molecule has 0 saturated heterocycles. The van der Waals surface area contributed by atoms with Crippen molar-refractivity contribution in [2.75, 3.05) is 14.1 Å². The largest absolute Gasteiger partial charge is 0.349 e. The fraction of sp³-hybridized carbons (Fsp3) is 0.909. The predicted octanol–water partition coefficient (Wildman–Crippen LogP) is 3.05. The molecule has 15 heavy (non-hydrogen) atoms. The van der Waals surface area contributed by atoms with E-state index in [2.05, 4.69) is 39.3 Å². The van der Waals surface area contributed by atoms with Gasteiger partial charge in [-0.15, -0.1) is 0 Å². The van der Waals surface area contributed by atoms with Gasteiger partial charge in [-0.05, 0) is 5.16 Å². The summed E-state index contributed by atoms with van der Waals surface area (Å²) in [4.78, 5) is 13.5. The van der Waals surface area contributed by atoms with E-state index in [0.717, 1.165) is 6.42 Å². The van der Waals surface area contributed by atoms with E-state index < -0.39 is 16.1 Å². The highest BCUT2D eigenvalue weighted by molar-refractivity contribution is 6.96. The third kappa shape index (κ3) is 4.97. The van der Waals surface area contributed by atoms with Crippen molar-refractivity contribution in [2.24, 2.45) is 0 Å². The van der Waals surface area contributed by atoms with Crippen LogP contribution in [0.25, 0.3) is 0 Å². The Hall–Kier alpha value is -0.0962. The van der Waals surface area contributed by atoms with Gasteiger partial charge in [-0.1, -0.05) is 39.3 Å². The van der Waals surface area contributed by atoms with Gasteiger partial charge >= 0.3 is 0 Å². The van der Waals surface area contributed by atoms with Crippen LogP contribution in [0.1, 0.15) is 6.42 Å². The van der Waals surface area contributed by atoms with Crippen LogP contribution in [0.5, 0.6) is 0 Å². The predicted molar refractivity (Wildman–Crippen MR) is 73.8 cm³/mol. The molecular weight excluding hydrogens is 218 g/mol. The molecule has 0 unspecified atom stereocenters. The molecule has 4 heteroatoms. The maximum atomic E-state index is 11.8. The first-order chi connectivity index (χ1) is 6.46. The van der Waals surface area contributed by atoms with Crippen molar-refractivity contribution in [3.05, 3.63) is 0 Å². The number of rotatable bonds is 4. The molecule has 0 aliphatic rings. The van der Waals surface area contributed by atoms with Gasteiger partial charge in [0.2, 0.25) is 5.91 Å². The summed E-state index contributed by atoms with van der Waals surface area (Å²) in [6.45, 7) is 14.3. The van der Waals surface area contributed by atoms with Crippen LogP contribution in [0.2, 0.25) is 44.4 Å². The molecule has 0 fully saturated rings. The van der Waals surface area contributed by atoms with Gasteiger partial charge in [-0.2, -0.15) is 0 Å². The van der Waals surface area contributed by atoms with Crippen LogP contribution in [-0.4, -0.2) is 41.1 Å². The third-order valence-corrected chi connectivity index (χ3v) is 12.8. The summed E-state index contributed by atoms with van der Waals surface area (Å²) in [6, 6.07) is 0. The van der Waals surface area contributed by atoms with Crippen molar-refractivity contribution in [3.63, 3.8) is 0 Å². The molecule has 0 atom stereocenters. The van der Waals surface area contributed by atoms with Gasteiger partial charge in [0.05, 0.1) is 0 Å². The van der Waals surface area contributed by atoms with Crippen LogP contribution in [-0.2, 0) is 4.79 Å². The van der Waals surface area contributed by atoms with E-state index in [9.17, 15) is 4.79 Å². The molecule has 0 aliphatic carbocycles. The zero-order valence-electron chi connectivity index (χ0n) is 11.6. The first-order valence-electron chi connectivity index (χ1n) is 5.66. The van der Waals surface area contributed by atoms with E-state index in [0.29, 0.717) is 11.1 Å². The number of hydrogen-bond acceptors (Lipinski definition) is 1. The number of carbonyl (C=O) groups is 1. The molecule has 2 nitrogen and oxygen atoms in total. The molecule has 0 radical (unpaired) electrons. The third-order valence-electron chi connectivity index (χ3n) is 2.97. The second kappa shape index (κ2) is 4.83. The van der Waals surface area contributed by atoms with E-state index >= 15 is 0 Å². The summed E-state index contributed by atoms with van der Waals surface area (Å²) in [5.74, 6) is 0.296. The Bertz CT molecular complexity index is 212. The molecule has 0 bridgehead atoms. The van der Waals surface area contributed by atoms with Crippen molar-refractivity contribution in [3.8, 4) is 0 Å². The monoisotopic (exact) mass is 245 g/mol. The highest BCUT2D eigenvalue weighted by Crippen LogP contribution is 2.35. The molecule has 0 aromatic rings. The molecule has 0 aromatic heterocycles. The van der Waals surface area contributed by atoms with Crippen LogP contribution in [0.15, 0.2) is 0 Å². The smallest absolute Gasteiger partial charge is 0.221 e. The molecule has 0 heterocycles. The second-order valence-corrected chi connectivity index (χ2v) is 18.2. The van der Waals surface area contributed by atoms with Crippen LogP contribution in [0.3, 0.4) is 0 Å². The minimum Gasteiger partial charge on any atom is -0.349 e. The van der Waals surface area contributed by atoms with Crippen molar-refractivity contribution in [1.82, 2.24) is 4.90 Å². The molecule has 0 spiro atoms. The maximum absolute atomic E-state index is 11.8. The maximum Gasteiger partial charge on any atom is 0.221 e. The standard InChI is InChI=1S/C11H27NOSi2/c1-12(2)10(13)9-11(14(3,4)5)15(6,7)8/h11H,9H2,1-8H3. The minimum absolute atomic E-state index is 0.296. The molecule has 0 saturated carbocycles. The van der Waals surface area contributed by atoms with Gasteiger partial charge < -0.3 is 4.90 Å². The summed E-state index contributed by atoms with van der Waals surface area (Å²) in [7, 11) is 1.28. The van der Waals surface area contributed by atoms with Crippen LogP contribution in [0, 0.1) is 0 Å². The average molecular weight is 246 g/mol. The Kier molecular flexibility index (Phi) is 4.79. The number of amides is 1. The van der Waals surface area contributed by atoms with Crippen LogP contribution >= 0.6 is 0 Å². The Morgan fingerprint density at radius 2 is 1.33 bits per heavy atom. The molecule has 0 N–H and O–H groups in total. The van der Waals surface area contributed by atoms with Crippen molar-refractivity contribution in [1.29, 1.82) is 0 Å². The van der Waals surface area contributed by atoms with Gasteiger partial charge in [0.1, 0.15) is 0 Å². The van der Waals surface area contributed by atoms with Gasteiger partial charge in [0.15, 0.2) is 0 Å². The quantitative estimate of drug-likeness (QED) is 0.697. The van der Waals surface area contributed by atoms with Gasteiger partial charge in [-0.25, -0.2) is 0 Å². The fourth-order valence-corrected chi connectivity index (χ4v) is 14.2. The Balaban J connectivity index is 4.77. The number of nitrogens with zero attached hydrogens (tertiary/aromatic N) is 1. The van der Waals surface area contributed by atoms with Gasteiger partial charge in [0.25, 0.3) is 0 Å². The summed E-state index contributed by atoms with van der Waals surface area (Å²) < 4.78 is 0. The fourth-order valence-electron chi connectivity index (χ4n) is 2.27. The zero-order chi connectivity index (χ0) is 12.4. The summed E-state index contributed by atoms with van der Waals surface area (Å²) in [5.41, 5.74) is 0. The van der Waals surface area contributed by atoms with Crippen LogP contribution < -0.4 is 0 Å². The normalized spacial score (nSPS) is 13.1. The molecule has 0 rings (SSSR count). The Morgan fingerprint density at radius 1 is 1.00 bits per heavy atom. The topological polar surface area (TPSA) is 20.3 Å².